The molecule has 7 nitrogen and oxygen atoms in total. The first-order valence-corrected chi connectivity index (χ1v) is 9.85. The molecule has 0 spiro atoms. The molecule has 27 heavy (non-hydrogen) atoms. The van der Waals surface area contributed by atoms with E-state index in [2.05, 4.69) is 32.5 Å². The fourth-order valence-electron chi connectivity index (χ4n) is 3.17. The first kappa shape index (κ1) is 21.3. The van der Waals surface area contributed by atoms with E-state index in [4.69, 9.17) is 9.47 Å². The molecule has 1 aromatic rings. The van der Waals surface area contributed by atoms with Gasteiger partial charge in [-0.15, -0.1) is 0 Å². The summed E-state index contributed by atoms with van der Waals surface area (Å²) in [6, 6.07) is 5.79. The third kappa shape index (κ3) is 7.27. The predicted molar refractivity (Wildman–Crippen MR) is 112 cm³/mol. The zero-order valence-corrected chi connectivity index (χ0v) is 17.3. The van der Waals surface area contributed by atoms with Crippen molar-refractivity contribution in [3.63, 3.8) is 0 Å². The van der Waals surface area contributed by atoms with E-state index in [-0.39, 0.29) is 0 Å². The third-order valence-corrected chi connectivity index (χ3v) is 4.71. The molecule has 1 aromatic carbocycles. The van der Waals surface area contributed by atoms with Crippen molar-refractivity contribution in [2.75, 3.05) is 72.4 Å². The maximum atomic E-state index is 5.63. The van der Waals surface area contributed by atoms with Gasteiger partial charge in [-0.25, -0.2) is 0 Å². The fraction of sp³-hybridized carbons (Fsp3) is 0.650. The van der Waals surface area contributed by atoms with E-state index >= 15 is 0 Å². The predicted octanol–water partition coefficient (Wildman–Crippen LogP) is 2.11. The van der Waals surface area contributed by atoms with E-state index in [0.29, 0.717) is 6.61 Å². The largest absolute Gasteiger partial charge is 0.493 e. The summed E-state index contributed by atoms with van der Waals surface area (Å²) in [7, 11) is 5.64. The molecule has 0 aromatic heterocycles. The van der Waals surface area contributed by atoms with E-state index in [1.54, 1.807) is 14.2 Å². The van der Waals surface area contributed by atoms with Gasteiger partial charge in [-0.05, 0) is 58.6 Å². The second kappa shape index (κ2) is 11.7. The van der Waals surface area contributed by atoms with E-state index in [0.717, 1.165) is 55.7 Å². The zero-order chi connectivity index (χ0) is 19.5. The molecule has 0 saturated carbocycles. The Balaban J connectivity index is 1.78. The topological polar surface area (TPSA) is 61.4 Å². The number of ether oxygens (including phenoxy) is 2. The molecule has 1 aliphatic rings. The van der Waals surface area contributed by atoms with E-state index in [1.807, 2.05) is 25.1 Å². The van der Waals surface area contributed by atoms with Crippen LogP contribution >= 0.6 is 0 Å². The van der Waals surface area contributed by atoms with Crippen molar-refractivity contribution in [1.29, 1.82) is 0 Å². The lowest BCUT2D eigenvalue weighted by molar-refractivity contribution is 0.274. The second-order valence-electron chi connectivity index (χ2n) is 6.77. The number of nitrogens with one attached hydrogen (secondary N) is 2. The number of guanidine groups is 1. The highest BCUT2D eigenvalue weighted by atomic mass is 16.5. The molecule has 0 bridgehead atoms. The van der Waals surface area contributed by atoms with Crippen LogP contribution in [0.3, 0.4) is 0 Å². The number of methoxy groups -OCH3 is 1. The highest BCUT2D eigenvalue weighted by Crippen LogP contribution is 2.30. The summed E-state index contributed by atoms with van der Waals surface area (Å²) < 4.78 is 11.0. The molecule has 1 saturated heterocycles. The summed E-state index contributed by atoms with van der Waals surface area (Å²) in [6.45, 7) is 9.29. The number of benzene rings is 1. The Kier molecular flexibility index (Phi) is 9.21. The zero-order valence-electron chi connectivity index (χ0n) is 17.3. The van der Waals surface area contributed by atoms with E-state index in [9.17, 15) is 0 Å². The standard InChI is InChI=1S/C20H35N5O2/c1-5-27-19-16-17(8-9-18(19)26-4)23-20(21-2)22-10-6-12-25-13-7-11-24(3)14-15-25/h8-9,16H,5-7,10-15H2,1-4H3,(H2,21,22,23). The van der Waals surface area contributed by atoms with Gasteiger partial charge in [0.1, 0.15) is 0 Å². The maximum absolute atomic E-state index is 5.63. The fourth-order valence-corrected chi connectivity index (χ4v) is 3.17. The van der Waals surface area contributed by atoms with Gasteiger partial charge in [-0.2, -0.15) is 0 Å². The summed E-state index contributed by atoms with van der Waals surface area (Å²) in [6.07, 6.45) is 2.35. The van der Waals surface area contributed by atoms with Crippen LogP contribution in [0, 0.1) is 0 Å². The summed E-state index contributed by atoms with van der Waals surface area (Å²) in [4.78, 5) is 9.28. The van der Waals surface area contributed by atoms with Crippen LogP contribution in [0.1, 0.15) is 19.8 Å². The van der Waals surface area contributed by atoms with Gasteiger partial charge in [0.15, 0.2) is 17.5 Å². The first-order chi connectivity index (χ1) is 13.2. The minimum atomic E-state index is 0.596. The molecule has 152 valence electrons. The summed E-state index contributed by atoms with van der Waals surface area (Å²) >= 11 is 0. The Labute approximate surface area is 163 Å². The molecule has 0 aliphatic carbocycles. The Morgan fingerprint density at radius 2 is 2.04 bits per heavy atom. The van der Waals surface area contributed by atoms with Gasteiger partial charge in [-0.3, -0.25) is 4.99 Å². The average molecular weight is 378 g/mol. The molecular formula is C20H35N5O2. The third-order valence-electron chi connectivity index (χ3n) is 4.71. The van der Waals surface area contributed by atoms with E-state index < -0.39 is 0 Å². The van der Waals surface area contributed by atoms with Crippen molar-refractivity contribution in [1.82, 2.24) is 15.1 Å². The normalized spacial score (nSPS) is 16.7. The van der Waals surface area contributed by atoms with Crippen LogP contribution in [-0.2, 0) is 0 Å². The number of nitrogens with zero attached hydrogens (tertiary/aromatic N) is 3. The van der Waals surface area contributed by atoms with Crippen molar-refractivity contribution >= 4 is 11.6 Å². The van der Waals surface area contributed by atoms with E-state index in [1.165, 1.54) is 19.5 Å². The van der Waals surface area contributed by atoms with Crippen LogP contribution in [-0.4, -0.2) is 82.8 Å². The SMILES string of the molecule is CCOc1cc(NC(=NC)NCCCN2CCCN(C)CC2)ccc1OC. The van der Waals surface area contributed by atoms with Crippen LogP contribution in [0.2, 0.25) is 0 Å². The molecular weight excluding hydrogens is 342 g/mol. The van der Waals surface area contributed by atoms with Crippen molar-refractivity contribution in [2.45, 2.75) is 19.8 Å². The highest BCUT2D eigenvalue weighted by Gasteiger charge is 2.11. The van der Waals surface area contributed by atoms with Gasteiger partial charge in [-0.1, -0.05) is 0 Å². The molecule has 0 radical (unpaired) electrons. The summed E-state index contributed by atoms with van der Waals surface area (Å²) in [5.74, 6) is 2.22. The second-order valence-corrected chi connectivity index (χ2v) is 6.77. The van der Waals surface area contributed by atoms with Crippen LogP contribution in [0.5, 0.6) is 11.5 Å². The van der Waals surface area contributed by atoms with Crippen molar-refractivity contribution in [3.8, 4) is 11.5 Å². The van der Waals surface area contributed by atoms with Gasteiger partial charge < -0.3 is 29.9 Å². The number of rotatable bonds is 8. The molecule has 0 amide bonds. The minimum absolute atomic E-state index is 0.596. The number of hydrogen-bond acceptors (Lipinski definition) is 5. The Hall–Kier alpha value is -1.99. The smallest absolute Gasteiger partial charge is 0.195 e. The number of aliphatic imine (C=N–C) groups is 1. The Morgan fingerprint density at radius 3 is 2.78 bits per heavy atom. The molecule has 0 atom stereocenters. The van der Waals surface area contributed by atoms with Crippen molar-refractivity contribution in [2.24, 2.45) is 4.99 Å². The molecule has 0 unspecified atom stereocenters. The number of likely N-dealkylation sites (N-methyl/N-ethyl adjacent to an activating group) is 1. The van der Waals surface area contributed by atoms with Gasteiger partial charge in [0.25, 0.3) is 0 Å². The molecule has 1 aliphatic heterocycles. The van der Waals surface area contributed by atoms with Crippen LogP contribution < -0.4 is 20.1 Å². The Bertz CT molecular complexity index is 594. The summed E-state index contributed by atoms with van der Waals surface area (Å²) in [5.41, 5.74) is 0.919. The van der Waals surface area contributed by atoms with Gasteiger partial charge in [0, 0.05) is 38.4 Å². The molecule has 2 N–H and O–H groups in total. The quantitative estimate of drug-likeness (QED) is 0.411. The summed E-state index contributed by atoms with van der Waals surface area (Å²) in [5, 5.41) is 6.71. The van der Waals surface area contributed by atoms with Gasteiger partial charge >= 0.3 is 0 Å². The van der Waals surface area contributed by atoms with Crippen LogP contribution in [0.15, 0.2) is 23.2 Å². The van der Waals surface area contributed by atoms with Crippen molar-refractivity contribution in [3.05, 3.63) is 18.2 Å². The maximum Gasteiger partial charge on any atom is 0.195 e. The minimum Gasteiger partial charge on any atom is -0.493 e. The lowest BCUT2D eigenvalue weighted by atomic mass is 10.2. The molecule has 1 heterocycles. The van der Waals surface area contributed by atoms with Crippen molar-refractivity contribution < 1.29 is 9.47 Å². The lowest BCUT2D eigenvalue weighted by Gasteiger charge is -2.20. The number of hydrogen-bond donors (Lipinski definition) is 2. The molecule has 1 fully saturated rings. The average Bonchev–Trinajstić information content (AvgIpc) is 2.89. The van der Waals surface area contributed by atoms with Crippen LogP contribution in [0.25, 0.3) is 0 Å². The Morgan fingerprint density at radius 1 is 1.19 bits per heavy atom. The molecule has 2 rings (SSSR count). The monoisotopic (exact) mass is 377 g/mol. The number of anilines is 1. The highest BCUT2D eigenvalue weighted by molar-refractivity contribution is 5.93. The van der Waals surface area contributed by atoms with Crippen LogP contribution in [0.4, 0.5) is 5.69 Å². The van der Waals surface area contributed by atoms with Gasteiger partial charge in [0.05, 0.1) is 13.7 Å². The first-order valence-electron chi connectivity index (χ1n) is 9.85. The van der Waals surface area contributed by atoms with Gasteiger partial charge in [0.2, 0.25) is 0 Å². The molecule has 7 heteroatoms. The lowest BCUT2D eigenvalue weighted by Crippen LogP contribution is -2.35.